The van der Waals surface area contributed by atoms with Crippen molar-refractivity contribution >= 4 is 11.5 Å². The first kappa shape index (κ1) is 8.05. The molecule has 0 amide bonds. The third-order valence-electron chi connectivity index (χ3n) is 2.19. The van der Waals surface area contributed by atoms with Gasteiger partial charge in [-0.25, -0.2) is 0 Å². The van der Waals surface area contributed by atoms with E-state index in [1.165, 1.54) is 0 Å². The molecule has 0 saturated carbocycles. The van der Waals surface area contributed by atoms with E-state index in [1.54, 1.807) is 7.11 Å². The van der Waals surface area contributed by atoms with Gasteiger partial charge in [0.1, 0.15) is 5.76 Å². The van der Waals surface area contributed by atoms with Gasteiger partial charge in [-0.15, -0.1) is 0 Å². The predicted octanol–water partition coefficient (Wildman–Crippen LogP) is 2.26. The van der Waals surface area contributed by atoms with Gasteiger partial charge < -0.3 is 4.74 Å². The monoisotopic (exact) mass is 174 g/mol. The minimum absolute atomic E-state index is 0.163. The molecular weight excluding hydrogens is 164 g/mol. The van der Waals surface area contributed by atoms with Crippen molar-refractivity contribution in [1.82, 2.24) is 0 Å². The summed E-state index contributed by atoms with van der Waals surface area (Å²) < 4.78 is 5.17. The number of fused-ring (bicyclic) bond motifs is 1. The third kappa shape index (κ3) is 1.24. The van der Waals surface area contributed by atoms with Gasteiger partial charge in [0.25, 0.3) is 0 Å². The summed E-state index contributed by atoms with van der Waals surface area (Å²) in [6.07, 6.45) is 2.27. The maximum absolute atomic E-state index is 11.4. The molecule has 1 aromatic rings. The average molecular weight is 174 g/mol. The van der Waals surface area contributed by atoms with Gasteiger partial charge in [0.15, 0.2) is 5.78 Å². The van der Waals surface area contributed by atoms with Crippen LogP contribution in [0.2, 0.25) is 0 Å². The molecule has 2 rings (SSSR count). The Morgan fingerprint density at radius 2 is 1.92 bits per heavy atom. The van der Waals surface area contributed by atoms with E-state index in [9.17, 15) is 4.79 Å². The molecule has 0 bridgehead atoms. The Bertz CT molecular complexity index is 377. The summed E-state index contributed by atoms with van der Waals surface area (Å²) in [7, 11) is 1.62. The number of Topliss-reactive ketones (excluding diaryl/α,β-unsaturated/α-hetero) is 1. The van der Waals surface area contributed by atoms with Crippen LogP contribution in [0.5, 0.6) is 0 Å². The maximum Gasteiger partial charge on any atom is 0.167 e. The number of ketones is 1. The van der Waals surface area contributed by atoms with E-state index in [2.05, 4.69) is 0 Å². The molecule has 0 saturated heterocycles. The van der Waals surface area contributed by atoms with Gasteiger partial charge in [-0.05, 0) is 6.08 Å². The van der Waals surface area contributed by atoms with Crippen LogP contribution in [0.1, 0.15) is 22.3 Å². The van der Waals surface area contributed by atoms with Crippen LogP contribution in [-0.2, 0) is 4.74 Å². The van der Waals surface area contributed by atoms with Gasteiger partial charge in [-0.3, -0.25) is 4.79 Å². The number of methoxy groups -OCH3 is 1. The molecule has 0 radical (unpaired) electrons. The second-order valence-corrected chi connectivity index (χ2v) is 2.95. The Hall–Kier alpha value is -1.57. The molecule has 0 fully saturated rings. The van der Waals surface area contributed by atoms with Crippen molar-refractivity contribution in [2.45, 2.75) is 6.42 Å². The first-order chi connectivity index (χ1) is 6.33. The minimum Gasteiger partial charge on any atom is -0.496 e. The van der Waals surface area contributed by atoms with Crippen LogP contribution in [0.3, 0.4) is 0 Å². The van der Waals surface area contributed by atoms with Crippen molar-refractivity contribution in [3.63, 3.8) is 0 Å². The van der Waals surface area contributed by atoms with Crippen LogP contribution in [0, 0.1) is 0 Å². The van der Waals surface area contributed by atoms with Gasteiger partial charge in [0.05, 0.1) is 7.11 Å². The van der Waals surface area contributed by atoms with Crippen molar-refractivity contribution in [2.24, 2.45) is 0 Å². The van der Waals surface area contributed by atoms with Gasteiger partial charge in [0, 0.05) is 17.5 Å². The molecule has 0 atom stereocenters. The summed E-state index contributed by atoms with van der Waals surface area (Å²) in [6, 6.07) is 7.52. The highest BCUT2D eigenvalue weighted by molar-refractivity contribution is 6.03. The number of carbonyl (C=O) groups is 1. The SMILES string of the molecule is COC1=CCC(=O)c2ccccc21. The molecule has 1 aliphatic carbocycles. The molecule has 0 spiro atoms. The summed E-state index contributed by atoms with van der Waals surface area (Å²) >= 11 is 0. The van der Waals surface area contributed by atoms with Crippen LogP contribution < -0.4 is 0 Å². The van der Waals surface area contributed by atoms with Gasteiger partial charge in [-0.2, -0.15) is 0 Å². The molecular formula is C11H10O2. The van der Waals surface area contributed by atoms with Gasteiger partial charge in [-0.1, -0.05) is 24.3 Å². The molecule has 0 unspecified atom stereocenters. The van der Waals surface area contributed by atoms with Crippen molar-refractivity contribution in [2.75, 3.05) is 7.11 Å². The smallest absolute Gasteiger partial charge is 0.167 e. The van der Waals surface area contributed by atoms with Crippen LogP contribution in [0.25, 0.3) is 5.76 Å². The fourth-order valence-corrected chi connectivity index (χ4v) is 1.54. The van der Waals surface area contributed by atoms with E-state index in [4.69, 9.17) is 4.74 Å². The van der Waals surface area contributed by atoms with Crippen LogP contribution in [-0.4, -0.2) is 12.9 Å². The third-order valence-corrected chi connectivity index (χ3v) is 2.19. The number of rotatable bonds is 1. The fourth-order valence-electron chi connectivity index (χ4n) is 1.54. The lowest BCUT2D eigenvalue weighted by Gasteiger charge is -2.14. The number of benzene rings is 1. The Balaban J connectivity index is 2.58. The van der Waals surface area contributed by atoms with E-state index in [0.717, 1.165) is 16.9 Å². The van der Waals surface area contributed by atoms with Gasteiger partial charge >= 0.3 is 0 Å². The zero-order chi connectivity index (χ0) is 9.26. The molecule has 2 nitrogen and oxygen atoms in total. The molecule has 2 heteroatoms. The highest BCUT2D eigenvalue weighted by Crippen LogP contribution is 2.26. The first-order valence-electron chi connectivity index (χ1n) is 4.19. The Morgan fingerprint density at radius 1 is 1.23 bits per heavy atom. The van der Waals surface area contributed by atoms with E-state index in [1.807, 2.05) is 30.3 Å². The Labute approximate surface area is 76.8 Å². The molecule has 66 valence electrons. The summed E-state index contributed by atoms with van der Waals surface area (Å²) in [4.78, 5) is 11.4. The zero-order valence-electron chi connectivity index (χ0n) is 7.41. The zero-order valence-corrected chi connectivity index (χ0v) is 7.41. The summed E-state index contributed by atoms with van der Waals surface area (Å²) in [6.45, 7) is 0. The topological polar surface area (TPSA) is 26.3 Å². The number of ether oxygens (including phenoxy) is 1. The van der Waals surface area contributed by atoms with E-state index < -0.39 is 0 Å². The van der Waals surface area contributed by atoms with Crippen LogP contribution >= 0.6 is 0 Å². The molecule has 1 aromatic carbocycles. The maximum atomic E-state index is 11.4. The summed E-state index contributed by atoms with van der Waals surface area (Å²) in [5, 5.41) is 0. The van der Waals surface area contributed by atoms with Crippen molar-refractivity contribution in [1.29, 1.82) is 0 Å². The average Bonchev–Trinajstić information content (AvgIpc) is 2.19. The van der Waals surface area contributed by atoms with Crippen molar-refractivity contribution in [3.8, 4) is 0 Å². The standard InChI is InChI=1S/C11H10O2/c1-13-11-7-6-10(12)8-4-2-3-5-9(8)11/h2-5,7H,6H2,1H3. The number of hydrogen-bond donors (Lipinski definition) is 0. The lowest BCUT2D eigenvalue weighted by molar-refractivity contribution is 0.0992. The second-order valence-electron chi connectivity index (χ2n) is 2.95. The molecule has 0 aliphatic heterocycles. The highest BCUT2D eigenvalue weighted by atomic mass is 16.5. The lowest BCUT2D eigenvalue weighted by Crippen LogP contribution is -2.08. The Morgan fingerprint density at radius 3 is 2.62 bits per heavy atom. The fraction of sp³-hybridized carbons (Fsp3) is 0.182. The van der Waals surface area contributed by atoms with E-state index >= 15 is 0 Å². The van der Waals surface area contributed by atoms with Crippen molar-refractivity contribution in [3.05, 3.63) is 41.5 Å². The number of carbonyl (C=O) groups excluding carboxylic acids is 1. The second kappa shape index (κ2) is 3.05. The molecule has 0 heterocycles. The van der Waals surface area contributed by atoms with Crippen LogP contribution in [0.15, 0.2) is 30.3 Å². The quantitative estimate of drug-likeness (QED) is 0.652. The minimum atomic E-state index is 0.163. The van der Waals surface area contributed by atoms with Crippen LogP contribution in [0.4, 0.5) is 0 Å². The number of hydrogen-bond acceptors (Lipinski definition) is 2. The summed E-state index contributed by atoms with van der Waals surface area (Å²) in [5.41, 5.74) is 1.67. The molecule has 0 N–H and O–H groups in total. The predicted molar refractivity (Wildman–Crippen MR) is 50.4 cm³/mol. The van der Waals surface area contributed by atoms with Crippen molar-refractivity contribution < 1.29 is 9.53 Å². The molecule has 0 aromatic heterocycles. The summed E-state index contributed by atoms with van der Waals surface area (Å²) in [5.74, 6) is 0.964. The van der Waals surface area contributed by atoms with Gasteiger partial charge in [0.2, 0.25) is 0 Å². The van der Waals surface area contributed by atoms with E-state index in [0.29, 0.717) is 6.42 Å². The normalized spacial score (nSPS) is 14.8. The first-order valence-corrected chi connectivity index (χ1v) is 4.19. The highest BCUT2D eigenvalue weighted by Gasteiger charge is 2.18. The van der Waals surface area contributed by atoms with E-state index in [-0.39, 0.29) is 5.78 Å². The largest absolute Gasteiger partial charge is 0.496 e. The molecule has 13 heavy (non-hydrogen) atoms. The lowest BCUT2D eigenvalue weighted by atomic mass is 9.95. The Kier molecular flexibility index (Phi) is 1.89. The number of allylic oxidation sites excluding steroid dienone is 1. The molecule has 1 aliphatic rings.